The fourth-order valence-electron chi connectivity index (χ4n) is 2.58. The summed E-state index contributed by atoms with van der Waals surface area (Å²) in [6, 6.07) is 13.5. The molecule has 0 aliphatic heterocycles. The first-order chi connectivity index (χ1) is 12.6. The van der Waals surface area contributed by atoms with E-state index < -0.39 is 0 Å². The normalized spacial score (nSPS) is 12.4. The van der Waals surface area contributed by atoms with Gasteiger partial charge in [-0.15, -0.1) is 5.10 Å². The van der Waals surface area contributed by atoms with Crippen LogP contribution in [-0.2, 0) is 0 Å². The lowest BCUT2D eigenvalue weighted by molar-refractivity contribution is 0.630. The van der Waals surface area contributed by atoms with E-state index in [0.717, 1.165) is 0 Å². The predicted molar refractivity (Wildman–Crippen MR) is 98.4 cm³/mol. The number of thioether (sulfide) groups is 1. The number of benzene rings is 2. The Morgan fingerprint density at radius 2 is 1.85 bits per heavy atom. The van der Waals surface area contributed by atoms with Crippen LogP contribution in [0.5, 0.6) is 0 Å². The summed E-state index contributed by atoms with van der Waals surface area (Å²) >= 11 is 1.33. The van der Waals surface area contributed by atoms with E-state index in [1.165, 1.54) is 17.8 Å². The van der Waals surface area contributed by atoms with Crippen molar-refractivity contribution in [3.05, 3.63) is 70.5 Å². The van der Waals surface area contributed by atoms with E-state index in [-0.39, 0.29) is 16.6 Å². The number of para-hydroxylation sites is 1. The quantitative estimate of drug-likeness (QED) is 0.537. The molecule has 0 bridgehead atoms. The Balaban J connectivity index is 1.60. The summed E-state index contributed by atoms with van der Waals surface area (Å²) in [6.07, 6.45) is 0. The minimum atomic E-state index is -0.367. The Hall–Kier alpha value is -3.00. The topological polar surface area (TPSA) is 87.3 Å². The molecular weight excluding hydrogens is 353 g/mol. The highest BCUT2D eigenvalue weighted by Crippen LogP contribution is 2.32. The first kappa shape index (κ1) is 16.5. The van der Waals surface area contributed by atoms with Crippen molar-refractivity contribution < 1.29 is 4.39 Å². The van der Waals surface area contributed by atoms with Crippen LogP contribution in [0.25, 0.3) is 22.3 Å². The number of nitrogens with zero attached hydrogens (tertiary/aromatic N) is 3. The van der Waals surface area contributed by atoms with Crippen molar-refractivity contribution in [3.63, 3.8) is 0 Å². The third kappa shape index (κ3) is 3.11. The molecule has 0 radical (unpaired) electrons. The minimum absolute atomic E-state index is 0.180. The van der Waals surface area contributed by atoms with Gasteiger partial charge < -0.3 is 4.98 Å². The average Bonchev–Trinajstić information content (AvgIpc) is 3.10. The number of nitrogens with one attached hydrogen (secondary N) is 2. The van der Waals surface area contributed by atoms with Gasteiger partial charge >= 0.3 is 0 Å². The zero-order valence-electron chi connectivity index (χ0n) is 13.7. The summed E-state index contributed by atoms with van der Waals surface area (Å²) in [6.45, 7) is 1.90. The molecule has 0 spiro atoms. The van der Waals surface area contributed by atoms with Gasteiger partial charge in [0.1, 0.15) is 11.6 Å². The molecule has 2 aromatic heterocycles. The van der Waals surface area contributed by atoms with Crippen LogP contribution in [0.2, 0.25) is 0 Å². The van der Waals surface area contributed by atoms with Gasteiger partial charge in [-0.1, -0.05) is 36.0 Å². The highest BCUT2D eigenvalue weighted by Gasteiger charge is 2.16. The molecule has 6 nitrogen and oxygen atoms in total. The molecule has 2 heterocycles. The van der Waals surface area contributed by atoms with Gasteiger partial charge in [0.25, 0.3) is 5.56 Å². The van der Waals surface area contributed by atoms with Gasteiger partial charge in [-0.25, -0.2) is 14.4 Å². The number of aromatic nitrogens is 5. The van der Waals surface area contributed by atoms with Crippen LogP contribution in [0.4, 0.5) is 4.39 Å². The van der Waals surface area contributed by atoms with Crippen molar-refractivity contribution in [2.24, 2.45) is 0 Å². The van der Waals surface area contributed by atoms with E-state index in [1.807, 2.05) is 13.0 Å². The van der Waals surface area contributed by atoms with Crippen molar-refractivity contribution in [2.75, 3.05) is 0 Å². The second-order valence-electron chi connectivity index (χ2n) is 5.67. The number of H-pyrrole nitrogens is 2. The van der Waals surface area contributed by atoms with E-state index in [4.69, 9.17) is 0 Å². The summed E-state index contributed by atoms with van der Waals surface area (Å²) in [5.41, 5.74) is 0.817. The second kappa shape index (κ2) is 6.72. The highest BCUT2D eigenvalue weighted by atomic mass is 32.2. The van der Waals surface area contributed by atoms with Crippen molar-refractivity contribution in [2.45, 2.75) is 17.3 Å². The molecule has 1 unspecified atom stereocenters. The van der Waals surface area contributed by atoms with Crippen LogP contribution in [0, 0.1) is 5.82 Å². The van der Waals surface area contributed by atoms with Gasteiger partial charge in [0, 0.05) is 0 Å². The van der Waals surface area contributed by atoms with Crippen molar-refractivity contribution in [1.82, 2.24) is 25.1 Å². The lowest BCUT2D eigenvalue weighted by Gasteiger charge is -2.08. The van der Waals surface area contributed by atoms with Crippen LogP contribution in [0.1, 0.15) is 18.0 Å². The highest BCUT2D eigenvalue weighted by molar-refractivity contribution is 7.99. The van der Waals surface area contributed by atoms with Gasteiger partial charge in [0.2, 0.25) is 5.16 Å². The fourth-order valence-corrected chi connectivity index (χ4v) is 3.37. The molecule has 0 aliphatic carbocycles. The maximum absolute atomic E-state index is 13.9. The SMILES string of the molecule is CC(Sc1n[nH]c(-c2ccccc2F)n1)c1nc2ccccc2c(=O)[nH]1. The number of hydrogen-bond acceptors (Lipinski definition) is 5. The second-order valence-corrected chi connectivity index (χ2v) is 6.98. The lowest BCUT2D eigenvalue weighted by atomic mass is 10.2. The van der Waals surface area contributed by atoms with Crippen LogP contribution >= 0.6 is 11.8 Å². The van der Waals surface area contributed by atoms with Gasteiger partial charge in [0.15, 0.2) is 5.82 Å². The van der Waals surface area contributed by atoms with Gasteiger partial charge in [0.05, 0.1) is 21.7 Å². The predicted octanol–water partition coefficient (Wildman–Crippen LogP) is 3.70. The number of fused-ring (bicyclic) bond motifs is 1. The summed E-state index contributed by atoms with van der Waals surface area (Å²) < 4.78 is 13.9. The zero-order chi connectivity index (χ0) is 18.1. The molecule has 0 aliphatic rings. The Labute approximate surface area is 151 Å². The fraction of sp³-hybridized carbons (Fsp3) is 0.111. The Kier molecular flexibility index (Phi) is 4.26. The molecule has 1 atom stereocenters. The molecule has 0 fully saturated rings. The van der Waals surface area contributed by atoms with Crippen molar-refractivity contribution in [3.8, 4) is 11.4 Å². The van der Waals surface area contributed by atoms with Crippen molar-refractivity contribution >= 4 is 22.7 Å². The molecule has 26 heavy (non-hydrogen) atoms. The van der Waals surface area contributed by atoms with Gasteiger partial charge in [-0.2, -0.15) is 0 Å². The zero-order valence-corrected chi connectivity index (χ0v) is 14.5. The van der Waals surface area contributed by atoms with Crippen molar-refractivity contribution in [1.29, 1.82) is 0 Å². The summed E-state index contributed by atoms with van der Waals surface area (Å²) in [5, 5.41) is 7.69. The molecule has 2 N–H and O–H groups in total. The lowest BCUT2D eigenvalue weighted by Crippen LogP contribution is -2.12. The Morgan fingerprint density at radius 1 is 1.08 bits per heavy atom. The van der Waals surface area contributed by atoms with Gasteiger partial charge in [-0.3, -0.25) is 9.89 Å². The largest absolute Gasteiger partial charge is 0.309 e. The molecule has 0 saturated carbocycles. The molecule has 4 aromatic rings. The molecule has 8 heteroatoms. The molecule has 0 amide bonds. The molecule has 0 saturated heterocycles. The Bertz CT molecular complexity index is 1140. The molecular formula is C18H14FN5OS. The van der Waals surface area contributed by atoms with E-state index >= 15 is 0 Å². The average molecular weight is 367 g/mol. The maximum Gasteiger partial charge on any atom is 0.258 e. The van der Waals surface area contributed by atoms with E-state index in [2.05, 4.69) is 25.1 Å². The standard InChI is InChI=1S/C18H14FN5OS/c1-10(15-20-14-9-5-3-7-12(14)17(25)21-15)26-18-22-16(23-24-18)11-6-2-4-8-13(11)19/h2-10H,1H3,(H,20,21,25)(H,22,23,24). The third-order valence-electron chi connectivity index (χ3n) is 3.89. The summed E-state index contributed by atoms with van der Waals surface area (Å²) in [7, 11) is 0. The van der Waals surface area contributed by atoms with Crippen LogP contribution in [-0.4, -0.2) is 25.1 Å². The molecule has 2 aromatic carbocycles. The number of rotatable bonds is 4. The maximum atomic E-state index is 13.9. The minimum Gasteiger partial charge on any atom is -0.309 e. The number of hydrogen-bond donors (Lipinski definition) is 2. The van der Waals surface area contributed by atoms with E-state index in [0.29, 0.717) is 33.3 Å². The van der Waals surface area contributed by atoms with Crippen LogP contribution < -0.4 is 5.56 Å². The molecule has 130 valence electrons. The van der Waals surface area contributed by atoms with Crippen LogP contribution in [0.3, 0.4) is 0 Å². The monoisotopic (exact) mass is 367 g/mol. The van der Waals surface area contributed by atoms with Crippen LogP contribution in [0.15, 0.2) is 58.5 Å². The summed E-state index contributed by atoms with van der Waals surface area (Å²) in [4.78, 5) is 23.8. The number of aromatic amines is 2. The third-order valence-corrected chi connectivity index (χ3v) is 4.86. The smallest absolute Gasteiger partial charge is 0.258 e. The van der Waals surface area contributed by atoms with Gasteiger partial charge in [-0.05, 0) is 31.2 Å². The Morgan fingerprint density at radius 3 is 2.69 bits per heavy atom. The number of halogens is 1. The summed E-state index contributed by atoms with van der Waals surface area (Å²) in [5.74, 6) is 0.530. The molecule has 4 rings (SSSR count). The first-order valence-electron chi connectivity index (χ1n) is 7.95. The first-order valence-corrected chi connectivity index (χ1v) is 8.82. The van der Waals surface area contributed by atoms with E-state index in [1.54, 1.807) is 36.4 Å². The van der Waals surface area contributed by atoms with E-state index in [9.17, 15) is 9.18 Å².